The molecule has 0 fully saturated rings. The Balaban J connectivity index is 2.87. The number of carboxylic acids is 1. The molecule has 0 aliphatic heterocycles. The number of carboxylic acid groups (broad SMARTS) is 1. The van der Waals surface area contributed by atoms with Gasteiger partial charge in [0.05, 0.1) is 6.61 Å². The number of aliphatic hydroxyl groups excluding tert-OH is 1. The summed E-state index contributed by atoms with van der Waals surface area (Å²) in [6.45, 7) is -0.992. The zero-order valence-corrected chi connectivity index (χ0v) is 8.89. The van der Waals surface area contributed by atoms with E-state index in [2.05, 4.69) is 0 Å². The van der Waals surface area contributed by atoms with E-state index in [1.807, 2.05) is 0 Å². The molecule has 7 heteroatoms. The van der Waals surface area contributed by atoms with Gasteiger partial charge in [-0.15, -0.1) is 5.01 Å². The van der Waals surface area contributed by atoms with Crippen molar-refractivity contribution >= 4 is 5.97 Å². The summed E-state index contributed by atoms with van der Waals surface area (Å²) in [4.78, 5) is 21.5. The monoisotopic (exact) mass is 240 g/mol. The summed E-state index contributed by atoms with van der Waals surface area (Å²) >= 11 is 0. The number of aliphatic hydroxyl groups is 1. The van der Waals surface area contributed by atoms with Crippen LogP contribution >= 0.6 is 0 Å². The fourth-order valence-electron chi connectivity index (χ4n) is 1.35. The molecule has 0 saturated heterocycles. The molecule has 7 nitrogen and oxygen atoms in total. The highest BCUT2D eigenvalue weighted by molar-refractivity contribution is 5.73. The Hall–Kier alpha value is -2.15. The number of nitro groups is 1. The maximum Gasteiger partial charge on any atom is 0.334 e. The number of hydrogen-bond acceptors (Lipinski definition) is 4. The number of nitrogens with zero attached hydrogens (tertiary/aromatic N) is 2. The maximum absolute atomic E-state index is 10.8. The molecule has 0 aliphatic rings. The molecule has 0 radical (unpaired) electrons. The predicted octanol–water partition coefficient (Wildman–Crippen LogP) is 0.126. The Morgan fingerprint density at radius 3 is 2.41 bits per heavy atom. The van der Waals surface area contributed by atoms with E-state index in [9.17, 15) is 14.9 Å². The Bertz CT molecular complexity index is 395. The van der Waals surface area contributed by atoms with Gasteiger partial charge in [-0.3, -0.25) is 0 Å². The summed E-state index contributed by atoms with van der Waals surface area (Å²) in [7, 11) is 0. The van der Waals surface area contributed by atoms with Crippen LogP contribution < -0.4 is 0 Å². The third-order valence-electron chi connectivity index (χ3n) is 2.21. The summed E-state index contributed by atoms with van der Waals surface area (Å²) in [6.07, 6.45) is 0. The Morgan fingerprint density at radius 1 is 1.41 bits per heavy atom. The molecule has 0 aromatic heterocycles. The zero-order chi connectivity index (χ0) is 12.8. The highest BCUT2D eigenvalue weighted by atomic mass is 16.7. The summed E-state index contributed by atoms with van der Waals surface area (Å²) in [5.74, 6) is -1.43. The molecule has 0 saturated carbocycles. The first-order chi connectivity index (χ1) is 8.06. The van der Waals surface area contributed by atoms with E-state index in [4.69, 9.17) is 10.2 Å². The van der Waals surface area contributed by atoms with Crippen LogP contribution in [0.2, 0.25) is 0 Å². The first kappa shape index (κ1) is 12.9. The van der Waals surface area contributed by atoms with Crippen molar-refractivity contribution in [1.29, 1.82) is 0 Å². The molecule has 1 atom stereocenters. The molecule has 1 rings (SSSR count). The van der Waals surface area contributed by atoms with Crippen LogP contribution in [0.3, 0.4) is 0 Å². The molecule has 1 aromatic rings. The number of rotatable bonds is 6. The average Bonchev–Trinajstić information content (AvgIpc) is 2.29. The minimum absolute atomic E-state index is 0.175. The van der Waals surface area contributed by atoms with E-state index in [-0.39, 0.29) is 6.54 Å². The highest BCUT2D eigenvalue weighted by Crippen LogP contribution is 2.08. The van der Waals surface area contributed by atoms with Gasteiger partial charge >= 0.3 is 5.97 Å². The standard InChI is InChI=1S/C10H12N2O5/c13-7-9(10(14)15)11(12(16)17)6-8-4-2-1-3-5-8/h1-5,9,13H,6-7H2,(H,14,15)/t9-/m0/s1. The van der Waals surface area contributed by atoms with Crippen molar-refractivity contribution in [3.05, 3.63) is 46.0 Å². The van der Waals surface area contributed by atoms with Crippen molar-refractivity contribution in [2.24, 2.45) is 0 Å². The molecule has 17 heavy (non-hydrogen) atoms. The van der Waals surface area contributed by atoms with E-state index in [0.29, 0.717) is 10.6 Å². The van der Waals surface area contributed by atoms with Gasteiger partial charge in [0.25, 0.3) is 0 Å². The molecule has 1 aromatic carbocycles. The lowest BCUT2D eigenvalue weighted by Crippen LogP contribution is -2.46. The molecule has 92 valence electrons. The van der Waals surface area contributed by atoms with E-state index in [1.54, 1.807) is 30.3 Å². The van der Waals surface area contributed by atoms with Crippen LogP contribution in [0, 0.1) is 10.1 Å². The van der Waals surface area contributed by atoms with E-state index < -0.39 is 23.7 Å². The molecule has 0 heterocycles. The number of aliphatic carboxylic acids is 1. The number of benzene rings is 1. The fourth-order valence-corrected chi connectivity index (χ4v) is 1.35. The summed E-state index contributed by atoms with van der Waals surface area (Å²) in [5, 5.41) is 28.1. The normalized spacial score (nSPS) is 11.8. The number of carbonyl (C=O) groups is 1. The van der Waals surface area contributed by atoms with E-state index >= 15 is 0 Å². The summed E-state index contributed by atoms with van der Waals surface area (Å²) < 4.78 is 0. The highest BCUT2D eigenvalue weighted by Gasteiger charge is 2.32. The Morgan fingerprint density at radius 2 is 2.00 bits per heavy atom. The first-order valence-electron chi connectivity index (χ1n) is 4.84. The minimum Gasteiger partial charge on any atom is -0.479 e. The van der Waals surface area contributed by atoms with Gasteiger partial charge < -0.3 is 10.2 Å². The molecule has 0 amide bonds. The molecular weight excluding hydrogens is 228 g/mol. The average molecular weight is 240 g/mol. The van der Waals surface area contributed by atoms with Crippen molar-refractivity contribution in [3.63, 3.8) is 0 Å². The van der Waals surface area contributed by atoms with E-state index in [0.717, 1.165) is 0 Å². The maximum atomic E-state index is 10.8. The summed E-state index contributed by atoms with van der Waals surface area (Å²) in [6, 6.07) is 6.88. The first-order valence-corrected chi connectivity index (χ1v) is 4.84. The lowest BCUT2D eigenvalue weighted by Gasteiger charge is -2.19. The second-order valence-corrected chi connectivity index (χ2v) is 3.36. The third-order valence-corrected chi connectivity index (χ3v) is 2.21. The Labute approximate surface area is 97.0 Å². The Kier molecular flexibility index (Phi) is 4.41. The quantitative estimate of drug-likeness (QED) is 0.541. The van der Waals surface area contributed by atoms with Crippen LogP contribution in [-0.2, 0) is 11.3 Å². The molecule has 0 unspecified atom stereocenters. The van der Waals surface area contributed by atoms with Crippen LogP contribution in [0.4, 0.5) is 0 Å². The number of hydrazine groups is 1. The molecular formula is C10H12N2O5. The van der Waals surface area contributed by atoms with Crippen LogP contribution in [0.5, 0.6) is 0 Å². The van der Waals surface area contributed by atoms with Gasteiger partial charge in [-0.2, -0.15) is 0 Å². The predicted molar refractivity (Wildman–Crippen MR) is 57.5 cm³/mol. The van der Waals surface area contributed by atoms with Gasteiger partial charge in [-0.25, -0.2) is 14.9 Å². The van der Waals surface area contributed by atoms with Gasteiger partial charge in [0, 0.05) is 0 Å². The van der Waals surface area contributed by atoms with E-state index in [1.165, 1.54) is 0 Å². The van der Waals surface area contributed by atoms with Gasteiger partial charge in [0.1, 0.15) is 6.54 Å². The van der Waals surface area contributed by atoms with Crippen molar-refractivity contribution in [1.82, 2.24) is 5.01 Å². The van der Waals surface area contributed by atoms with Crippen molar-refractivity contribution in [2.75, 3.05) is 6.61 Å². The van der Waals surface area contributed by atoms with Gasteiger partial charge in [0.15, 0.2) is 5.03 Å². The van der Waals surface area contributed by atoms with Crippen molar-refractivity contribution in [2.45, 2.75) is 12.6 Å². The van der Waals surface area contributed by atoms with Crippen molar-refractivity contribution in [3.8, 4) is 0 Å². The molecule has 2 N–H and O–H groups in total. The zero-order valence-electron chi connectivity index (χ0n) is 8.89. The second kappa shape index (κ2) is 5.80. The largest absolute Gasteiger partial charge is 0.479 e. The second-order valence-electron chi connectivity index (χ2n) is 3.36. The van der Waals surface area contributed by atoms with Gasteiger partial charge in [0.2, 0.25) is 6.04 Å². The third kappa shape index (κ3) is 3.42. The van der Waals surface area contributed by atoms with Gasteiger partial charge in [-0.05, 0) is 5.56 Å². The fraction of sp³-hybridized carbons (Fsp3) is 0.300. The lowest BCUT2D eigenvalue weighted by atomic mass is 10.2. The molecule has 0 bridgehead atoms. The SMILES string of the molecule is O=C(O)[C@H](CO)N(Cc1ccccc1)[N+](=O)[O-]. The smallest absolute Gasteiger partial charge is 0.334 e. The minimum atomic E-state index is -1.55. The summed E-state index contributed by atoms with van der Waals surface area (Å²) in [5.41, 5.74) is 0.601. The van der Waals surface area contributed by atoms with Crippen LogP contribution in [-0.4, -0.2) is 38.9 Å². The van der Waals surface area contributed by atoms with Crippen LogP contribution in [0.15, 0.2) is 30.3 Å². The topological polar surface area (TPSA) is 104 Å². The van der Waals surface area contributed by atoms with Crippen molar-refractivity contribution < 1.29 is 20.0 Å². The number of hydrogen-bond donors (Lipinski definition) is 2. The molecule has 0 aliphatic carbocycles. The van der Waals surface area contributed by atoms with Crippen LogP contribution in [0.1, 0.15) is 5.56 Å². The van der Waals surface area contributed by atoms with Gasteiger partial charge in [-0.1, -0.05) is 30.3 Å². The lowest BCUT2D eigenvalue weighted by molar-refractivity contribution is -0.666. The van der Waals surface area contributed by atoms with Crippen LogP contribution in [0.25, 0.3) is 0 Å². The molecule has 0 spiro atoms.